The monoisotopic (exact) mass is 734 g/mol. The van der Waals surface area contributed by atoms with Gasteiger partial charge in [-0.05, 0) is 107 Å². The number of carbonyl (C=O) groups excluding carboxylic acids is 4. The zero-order valence-electron chi connectivity index (χ0n) is 32.9. The van der Waals surface area contributed by atoms with Crippen LogP contribution in [0.2, 0.25) is 0 Å². The second kappa shape index (κ2) is 25.4. The minimum Gasteiger partial charge on any atom is -0.465 e. The molecule has 298 valence electrons. The molecular formula is C42H71NO9. The van der Waals surface area contributed by atoms with Crippen LogP contribution in [0.15, 0.2) is 12.2 Å². The molecule has 0 heterocycles. The molecule has 4 bridgehead atoms. The summed E-state index contributed by atoms with van der Waals surface area (Å²) in [5.41, 5.74) is 0.0582. The molecule has 4 aliphatic carbocycles. The molecule has 52 heavy (non-hydrogen) atoms. The van der Waals surface area contributed by atoms with Crippen molar-refractivity contribution in [1.82, 2.24) is 4.90 Å². The highest BCUT2D eigenvalue weighted by molar-refractivity contribution is 5.71. The summed E-state index contributed by atoms with van der Waals surface area (Å²) in [6.45, 7) is 9.71. The van der Waals surface area contributed by atoms with E-state index in [1.165, 1.54) is 44.9 Å². The van der Waals surface area contributed by atoms with Crippen molar-refractivity contribution in [2.45, 2.75) is 149 Å². The Bertz CT molecular complexity index is 1060. The van der Waals surface area contributed by atoms with Crippen molar-refractivity contribution in [3.8, 4) is 0 Å². The van der Waals surface area contributed by atoms with E-state index >= 15 is 0 Å². The van der Waals surface area contributed by atoms with Crippen LogP contribution >= 0.6 is 0 Å². The van der Waals surface area contributed by atoms with Crippen molar-refractivity contribution in [2.75, 3.05) is 52.7 Å². The standard InChI is InChI=1S/C42H71NO9/c1-4-7-8-9-10-13-16-23-48-38(44)18-14-11-12-15-19-39(45)50-31-37(33-52-41(47)49-24-17-22-43(5-2)6-3)32-51-40(46)30-42-27-34-20-21-35(28-42)26-36(25-34)29-42/h10,13,34-37H,4-9,11-12,14-33H2,1-3H3/b13-10-. The van der Waals surface area contributed by atoms with Crippen LogP contribution in [0.3, 0.4) is 0 Å². The van der Waals surface area contributed by atoms with Crippen LogP contribution in [0.25, 0.3) is 0 Å². The maximum absolute atomic E-state index is 13.2. The van der Waals surface area contributed by atoms with E-state index in [2.05, 4.69) is 37.8 Å². The molecule has 0 spiro atoms. The summed E-state index contributed by atoms with van der Waals surface area (Å²) in [5, 5.41) is 0. The number of ether oxygens (including phenoxy) is 5. The molecule has 4 saturated carbocycles. The second-order valence-corrected chi connectivity index (χ2v) is 15.8. The predicted molar refractivity (Wildman–Crippen MR) is 202 cm³/mol. The van der Waals surface area contributed by atoms with Gasteiger partial charge in [0.15, 0.2) is 0 Å². The molecule has 0 aromatic rings. The van der Waals surface area contributed by atoms with Gasteiger partial charge in [0.1, 0.15) is 19.8 Å². The van der Waals surface area contributed by atoms with E-state index in [1.54, 1.807) is 0 Å². The van der Waals surface area contributed by atoms with Crippen LogP contribution in [-0.4, -0.2) is 81.6 Å². The Morgan fingerprint density at radius 2 is 1.23 bits per heavy atom. The number of fused-ring (bicyclic) bond motifs is 1. The van der Waals surface area contributed by atoms with Gasteiger partial charge in [-0.15, -0.1) is 0 Å². The Labute approximate surface area is 314 Å². The van der Waals surface area contributed by atoms with Gasteiger partial charge in [-0.25, -0.2) is 4.79 Å². The van der Waals surface area contributed by atoms with Gasteiger partial charge in [-0.2, -0.15) is 0 Å². The zero-order chi connectivity index (χ0) is 37.4. The van der Waals surface area contributed by atoms with Crippen LogP contribution < -0.4 is 0 Å². The third-order valence-corrected chi connectivity index (χ3v) is 11.3. The molecule has 4 aliphatic rings. The third-order valence-electron chi connectivity index (χ3n) is 11.3. The Hall–Kier alpha value is -2.62. The Balaban J connectivity index is 1.34. The Morgan fingerprint density at radius 3 is 1.88 bits per heavy atom. The maximum atomic E-state index is 13.2. The van der Waals surface area contributed by atoms with Crippen LogP contribution in [0.1, 0.15) is 149 Å². The lowest BCUT2D eigenvalue weighted by atomic mass is 9.57. The lowest BCUT2D eigenvalue weighted by Crippen LogP contribution is -2.39. The SMILES string of the molecule is CCCCC/C=C\CCOC(=O)CCCCCCC(=O)OCC(COC(=O)CC12CC3CCC(CC(C3)C1)C2)COC(=O)OCCCN(CC)CC. The molecule has 0 saturated heterocycles. The van der Waals surface area contributed by atoms with Gasteiger partial charge in [-0.1, -0.05) is 71.4 Å². The summed E-state index contributed by atoms with van der Waals surface area (Å²) in [5.74, 6) is 0.985. The first-order valence-corrected chi connectivity index (χ1v) is 20.9. The number of unbranched alkanes of at least 4 members (excludes halogenated alkanes) is 6. The van der Waals surface area contributed by atoms with E-state index in [9.17, 15) is 19.2 Å². The van der Waals surface area contributed by atoms with E-state index < -0.39 is 12.1 Å². The summed E-state index contributed by atoms with van der Waals surface area (Å²) in [6, 6.07) is 0. The number of carbonyl (C=O) groups is 4. The number of hydrogen-bond acceptors (Lipinski definition) is 10. The van der Waals surface area contributed by atoms with Gasteiger partial charge >= 0.3 is 24.1 Å². The third kappa shape index (κ3) is 17.9. The highest BCUT2D eigenvalue weighted by Gasteiger charge is 2.49. The molecule has 0 amide bonds. The quantitative estimate of drug-likeness (QED) is 0.0334. The van der Waals surface area contributed by atoms with Crippen molar-refractivity contribution < 1.29 is 42.9 Å². The average molecular weight is 734 g/mol. The van der Waals surface area contributed by atoms with E-state index in [0.717, 1.165) is 88.8 Å². The van der Waals surface area contributed by atoms with Crippen molar-refractivity contribution in [3.63, 3.8) is 0 Å². The van der Waals surface area contributed by atoms with Crippen molar-refractivity contribution in [1.29, 1.82) is 0 Å². The maximum Gasteiger partial charge on any atom is 0.508 e. The number of allylic oxidation sites excluding steroid dienone is 1. The normalized spacial score (nSPS) is 22.7. The molecule has 10 heteroatoms. The van der Waals surface area contributed by atoms with Crippen molar-refractivity contribution in [2.24, 2.45) is 29.1 Å². The van der Waals surface area contributed by atoms with Gasteiger partial charge < -0.3 is 28.6 Å². The average Bonchev–Trinajstić information content (AvgIpc) is 3.34. The molecule has 3 unspecified atom stereocenters. The summed E-state index contributed by atoms with van der Waals surface area (Å²) in [4.78, 5) is 52.4. The molecular weight excluding hydrogens is 662 g/mol. The van der Waals surface area contributed by atoms with Crippen molar-refractivity contribution >= 4 is 24.1 Å². The molecule has 0 radical (unpaired) electrons. The highest BCUT2D eigenvalue weighted by Crippen LogP contribution is 2.59. The number of nitrogens with zero attached hydrogens (tertiary/aromatic N) is 1. The second-order valence-electron chi connectivity index (χ2n) is 15.8. The van der Waals surface area contributed by atoms with E-state index in [0.29, 0.717) is 32.3 Å². The van der Waals surface area contributed by atoms with Crippen LogP contribution in [0.5, 0.6) is 0 Å². The molecule has 0 N–H and O–H groups in total. The van der Waals surface area contributed by atoms with Crippen LogP contribution in [-0.2, 0) is 38.1 Å². The molecule has 3 atom stereocenters. The lowest BCUT2D eigenvalue weighted by Gasteiger charge is -2.48. The summed E-state index contributed by atoms with van der Waals surface area (Å²) in [6.07, 6.45) is 22.3. The van der Waals surface area contributed by atoms with Crippen LogP contribution in [0.4, 0.5) is 4.79 Å². The number of hydrogen-bond donors (Lipinski definition) is 0. The van der Waals surface area contributed by atoms with Crippen LogP contribution in [0, 0.1) is 29.1 Å². The van der Waals surface area contributed by atoms with Gasteiger partial charge in [0, 0.05) is 19.4 Å². The first kappa shape index (κ1) is 43.8. The molecule has 0 aromatic carbocycles. The minimum atomic E-state index is -0.773. The highest BCUT2D eigenvalue weighted by atomic mass is 16.7. The zero-order valence-corrected chi connectivity index (χ0v) is 32.9. The fourth-order valence-electron chi connectivity index (χ4n) is 8.75. The smallest absolute Gasteiger partial charge is 0.465 e. The lowest BCUT2D eigenvalue weighted by molar-refractivity contribution is -0.153. The van der Waals surface area contributed by atoms with E-state index in [-0.39, 0.29) is 56.2 Å². The first-order chi connectivity index (χ1) is 25.2. The molecule has 4 rings (SSSR count). The molecule has 0 aromatic heterocycles. The largest absolute Gasteiger partial charge is 0.508 e. The topological polar surface area (TPSA) is 118 Å². The fraction of sp³-hybridized carbons (Fsp3) is 0.857. The number of rotatable bonds is 28. The predicted octanol–water partition coefficient (Wildman–Crippen LogP) is 8.98. The molecule has 0 aliphatic heterocycles. The van der Waals surface area contributed by atoms with E-state index in [1.807, 2.05) is 0 Å². The Morgan fingerprint density at radius 1 is 0.635 bits per heavy atom. The van der Waals surface area contributed by atoms with Crippen molar-refractivity contribution in [3.05, 3.63) is 12.2 Å². The summed E-state index contributed by atoms with van der Waals surface area (Å²) in [7, 11) is 0. The number of esters is 3. The molecule has 4 fully saturated rings. The van der Waals surface area contributed by atoms with Gasteiger partial charge in [0.05, 0.1) is 25.6 Å². The summed E-state index contributed by atoms with van der Waals surface area (Å²) >= 11 is 0. The van der Waals surface area contributed by atoms with Gasteiger partial charge in [0.2, 0.25) is 0 Å². The first-order valence-electron chi connectivity index (χ1n) is 20.9. The fourth-order valence-corrected chi connectivity index (χ4v) is 8.75. The van der Waals surface area contributed by atoms with Gasteiger partial charge in [-0.3, -0.25) is 14.4 Å². The van der Waals surface area contributed by atoms with Gasteiger partial charge in [0.25, 0.3) is 0 Å². The molecule has 10 nitrogen and oxygen atoms in total. The van der Waals surface area contributed by atoms with E-state index in [4.69, 9.17) is 23.7 Å². The Kier molecular flexibility index (Phi) is 21.4. The summed E-state index contributed by atoms with van der Waals surface area (Å²) < 4.78 is 27.3. The minimum absolute atomic E-state index is 0.0130.